The van der Waals surface area contributed by atoms with Crippen molar-refractivity contribution in [2.24, 2.45) is 11.8 Å². The van der Waals surface area contributed by atoms with E-state index in [-0.39, 0.29) is 6.54 Å². The van der Waals surface area contributed by atoms with E-state index < -0.39 is 18.0 Å². The second-order valence-electron chi connectivity index (χ2n) is 9.94. The van der Waals surface area contributed by atoms with Gasteiger partial charge in [-0.05, 0) is 64.0 Å². The first-order valence-corrected chi connectivity index (χ1v) is 12.4. The van der Waals surface area contributed by atoms with Crippen LogP contribution in [0.5, 0.6) is 0 Å². The molecule has 3 aliphatic heterocycles. The highest BCUT2D eigenvalue weighted by Crippen LogP contribution is 2.41. The van der Waals surface area contributed by atoms with Crippen molar-refractivity contribution in [2.75, 3.05) is 50.7 Å². The molecule has 6 nitrogen and oxygen atoms in total. The number of nitriles is 1. The van der Waals surface area contributed by atoms with Gasteiger partial charge in [-0.25, -0.2) is 0 Å². The summed E-state index contributed by atoms with van der Waals surface area (Å²) in [6, 6.07) is 6.03. The Bertz CT molecular complexity index is 1040. The molecular formula is C25H31F3N6. The van der Waals surface area contributed by atoms with E-state index in [9.17, 15) is 18.4 Å². The normalized spacial score (nSPS) is 25.6. The van der Waals surface area contributed by atoms with Gasteiger partial charge in [-0.2, -0.15) is 18.4 Å². The van der Waals surface area contributed by atoms with Gasteiger partial charge in [0, 0.05) is 44.0 Å². The Labute approximate surface area is 198 Å². The van der Waals surface area contributed by atoms with Gasteiger partial charge in [0.2, 0.25) is 0 Å². The highest BCUT2D eigenvalue weighted by Gasteiger charge is 2.50. The molecule has 0 radical (unpaired) electrons. The summed E-state index contributed by atoms with van der Waals surface area (Å²) in [6.45, 7) is 4.78. The van der Waals surface area contributed by atoms with Crippen LogP contribution in [0, 0.1) is 23.2 Å². The Kier molecular flexibility index (Phi) is 6.63. The van der Waals surface area contributed by atoms with Gasteiger partial charge in [0.25, 0.3) is 0 Å². The predicted molar refractivity (Wildman–Crippen MR) is 124 cm³/mol. The molecule has 9 heteroatoms. The van der Waals surface area contributed by atoms with Crippen molar-refractivity contribution in [1.82, 2.24) is 19.8 Å². The van der Waals surface area contributed by atoms with Crippen molar-refractivity contribution in [3.05, 3.63) is 30.1 Å². The number of nitrogens with zero attached hydrogens (tertiary/aromatic N) is 6. The number of aromatic nitrogens is 2. The van der Waals surface area contributed by atoms with Crippen LogP contribution in [-0.2, 0) is 0 Å². The van der Waals surface area contributed by atoms with Gasteiger partial charge in [0.1, 0.15) is 17.1 Å². The minimum atomic E-state index is -4.25. The summed E-state index contributed by atoms with van der Waals surface area (Å²) in [6.07, 6.45) is 4.71. The zero-order valence-corrected chi connectivity index (χ0v) is 19.3. The summed E-state index contributed by atoms with van der Waals surface area (Å²) in [7, 11) is 0. The van der Waals surface area contributed by atoms with Crippen LogP contribution >= 0.6 is 0 Å². The van der Waals surface area contributed by atoms with Crippen molar-refractivity contribution in [1.29, 1.82) is 5.26 Å². The van der Waals surface area contributed by atoms with E-state index in [0.29, 0.717) is 41.4 Å². The van der Waals surface area contributed by atoms with Gasteiger partial charge in [-0.3, -0.25) is 9.97 Å². The highest BCUT2D eigenvalue weighted by molar-refractivity contribution is 5.92. The third-order valence-corrected chi connectivity index (χ3v) is 7.88. The highest BCUT2D eigenvalue weighted by atomic mass is 19.4. The molecule has 0 amide bonds. The standard InChI is InChI=1S/C25H31F3N6/c26-25(27,28)21-17-34(22-5-4-18(14-29)23-24(22)31-9-8-30-23)16-19(21)15-32-12-6-20(7-13-32)33-10-2-1-3-11-33/h4-5,8-9,19-21H,1-3,6-7,10-13,15-17H2/t19-,21-/m0/s1. The van der Waals surface area contributed by atoms with Crippen LogP contribution in [0.1, 0.15) is 37.7 Å². The van der Waals surface area contributed by atoms with Crippen LogP contribution in [0.15, 0.2) is 24.5 Å². The first kappa shape index (κ1) is 23.3. The van der Waals surface area contributed by atoms with E-state index in [1.807, 2.05) is 0 Å². The Morgan fingerprint density at radius 1 is 0.941 bits per heavy atom. The number of alkyl halides is 3. The Hall–Kier alpha value is -2.44. The Morgan fingerprint density at radius 3 is 2.32 bits per heavy atom. The zero-order valence-electron chi connectivity index (χ0n) is 19.3. The topological polar surface area (TPSA) is 59.3 Å². The first-order valence-electron chi connectivity index (χ1n) is 12.4. The second-order valence-corrected chi connectivity index (χ2v) is 9.94. The lowest BCUT2D eigenvalue weighted by Gasteiger charge is -2.41. The van der Waals surface area contributed by atoms with Crippen molar-refractivity contribution in [3.8, 4) is 6.07 Å². The predicted octanol–water partition coefficient (Wildman–Crippen LogP) is 4.07. The fourth-order valence-corrected chi connectivity index (χ4v) is 6.09. The molecule has 1 aromatic heterocycles. The van der Waals surface area contributed by atoms with E-state index in [1.54, 1.807) is 17.0 Å². The Balaban J connectivity index is 1.30. The number of hydrogen-bond donors (Lipinski definition) is 0. The Morgan fingerprint density at radius 2 is 1.65 bits per heavy atom. The fourth-order valence-electron chi connectivity index (χ4n) is 6.09. The van der Waals surface area contributed by atoms with Crippen molar-refractivity contribution >= 4 is 16.7 Å². The van der Waals surface area contributed by atoms with Crippen molar-refractivity contribution in [3.63, 3.8) is 0 Å². The van der Waals surface area contributed by atoms with Gasteiger partial charge >= 0.3 is 6.18 Å². The smallest absolute Gasteiger partial charge is 0.369 e. The maximum absolute atomic E-state index is 14.1. The van der Waals surface area contributed by atoms with Gasteiger partial charge in [-0.1, -0.05) is 6.42 Å². The van der Waals surface area contributed by atoms with E-state index >= 15 is 0 Å². The summed E-state index contributed by atoms with van der Waals surface area (Å²) in [5, 5.41) is 9.38. The molecule has 3 fully saturated rings. The van der Waals surface area contributed by atoms with Gasteiger partial charge in [0.15, 0.2) is 0 Å². The van der Waals surface area contributed by atoms with E-state index in [4.69, 9.17) is 0 Å². The van der Waals surface area contributed by atoms with Gasteiger partial charge in [0.05, 0.1) is 17.2 Å². The molecule has 4 heterocycles. The molecule has 5 rings (SSSR count). The molecule has 2 atom stereocenters. The number of rotatable bonds is 4. The van der Waals surface area contributed by atoms with Crippen LogP contribution in [0.25, 0.3) is 11.0 Å². The number of hydrogen-bond acceptors (Lipinski definition) is 6. The molecule has 0 saturated carbocycles. The van der Waals surface area contributed by atoms with Crippen LogP contribution in [-0.4, -0.2) is 77.8 Å². The zero-order chi connectivity index (χ0) is 23.7. The van der Waals surface area contributed by atoms with Crippen LogP contribution < -0.4 is 4.90 Å². The molecule has 182 valence electrons. The lowest BCUT2D eigenvalue weighted by atomic mass is 9.93. The number of halogens is 3. The summed E-state index contributed by atoms with van der Waals surface area (Å²) in [4.78, 5) is 15.3. The van der Waals surface area contributed by atoms with Crippen LogP contribution in [0.4, 0.5) is 18.9 Å². The average Bonchev–Trinajstić information content (AvgIpc) is 3.28. The van der Waals surface area contributed by atoms with Crippen molar-refractivity contribution < 1.29 is 13.2 Å². The second kappa shape index (κ2) is 9.67. The average molecular weight is 473 g/mol. The molecule has 0 spiro atoms. The van der Waals surface area contributed by atoms with E-state index in [0.717, 1.165) is 25.9 Å². The van der Waals surface area contributed by atoms with Gasteiger partial charge in [-0.15, -0.1) is 0 Å². The maximum Gasteiger partial charge on any atom is 0.393 e. The summed E-state index contributed by atoms with van der Waals surface area (Å²) < 4.78 is 42.2. The summed E-state index contributed by atoms with van der Waals surface area (Å²) in [5.74, 6) is -1.87. The number of benzene rings is 1. The number of piperidine rings is 2. The molecule has 0 aliphatic carbocycles. The number of fused-ring (bicyclic) bond motifs is 1. The largest absolute Gasteiger partial charge is 0.393 e. The minimum Gasteiger partial charge on any atom is -0.369 e. The molecule has 0 unspecified atom stereocenters. The molecule has 34 heavy (non-hydrogen) atoms. The molecule has 1 aromatic carbocycles. The quantitative estimate of drug-likeness (QED) is 0.669. The third kappa shape index (κ3) is 4.71. The molecule has 0 N–H and O–H groups in total. The van der Waals surface area contributed by atoms with E-state index in [1.165, 1.54) is 44.7 Å². The monoisotopic (exact) mass is 472 g/mol. The van der Waals surface area contributed by atoms with Crippen molar-refractivity contribution in [2.45, 2.75) is 44.3 Å². The number of anilines is 1. The SMILES string of the molecule is N#Cc1ccc(N2C[C@H](CN3CCC(N4CCCCC4)CC3)[C@@H](C(F)(F)F)C2)c2nccnc12. The van der Waals surface area contributed by atoms with Gasteiger partial charge < -0.3 is 14.7 Å². The maximum atomic E-state index is 14.1. The lowest BCUT2D eigenvalue weighted by molar-refractivity contribution is -0.180. The van der Waals surface area contributed by atoms with E-state index in [2.05, 4.69) is 25.8 Å². The molecule has 3 aliphatic rings. The minimum absolute atomic E-state index is 0.0873. The molecule has 2 aromatic rings. The molecule has 3 saturated heterocycles. The number of likely N-dealkylation sites (tertiary alicyclic amines) is 2. The summed E-state index contributed by atoms with van der Waals surface area (Å²) in [5.41, 5.74) is 1.94. The summed E-state index contributed by atoms with van der Waals surface area (Å²) >= 11 is 0. The van der Waals surface area contributed by atoms with Crippen LogP contribution in [0.2, 0.25) is 0 Å². The lowest BCUT2D eigenvalue weighted by Crippen LogP contribution is -2.48. The fraction of sp³-hybridized carbons (Fsp3) is 0.640. The molecular weight excluding hydrogens is 441 g/mol. The van der Waals surface area contributed by atoms with Crippen LogP contribution in [0.3, 0.4) is 0 Å². The third-order valence-electron chi connectivity index (χ3n) is 7.88. The molecule has 0 bridgehead atoms. The first-order chi connectivity index (χ1) is 16.4.